The number of benzene rings is 2. The molecule has 6 heteroatoms. The number of methoxy groups -OCH3 is 1. The third kappa shape index (κ3) is 5.25. The molecule has 0 aliphatic heterocycles. The van der Waals surface area contributed by atoms with E-state index in [0.717, 1.165) is 53.7 Å². The van der Waals surface area contributed by atoms with Crippen LogP contribution in [0, 0.1) is 5.41 Å². The molecule has 3 rings (SSSR count). The highest BCUT2D eigenvalue weighted by molar-refractivity contribution is 6.17. The molecule has 2 aromatic rings. The van der Waals surface area contributed by atoms with Gasteiger partial charge in [0.15, 0.2) is 0 Å². The highest BCUT2D eigenvalue weighted by Gasteiger charge is 2.40. The van der Waals surface area contributed by atoms with Crippen molar-refractivity contribution in [1.29, 1.82) is 0 Å². The second kappa shape index (κ2) is 10.3. The SMILES string of the molecule is CNC1CCC(Cc2cc(-c3ccc(CCl)cc3)ccc2OC)(C(N)=O)CC1.Cl. The maximum Gasteiger partial charge on any atom is 0.223 e. The number of carbonyl (C=O) groups is 1. The Morgan fingerprint density at radius 3 is 2.31 bits per heavy atom. The van der Waals surface area contributed by atoms with Crippen molar-refractivity contribution in [3.05, 3.63) is 53.6 Å². The molecule has 1 fully saturated rings. The minimum absolute atomic E-state index is 0. The van der Waals surface area contributed by atoms with Gasteiger partial charge in [-0.1, -0.05) is 30.3 Å². The zero-order valence-corrected chi connectivity index (χ0v) is 18.6. The van der Waals surface area contributed by atoms with Gasteiger partial charge in [-0.2, -0.15) is 0 Å². The van der Waals surface area contributed by atoms with E-state index in [1.807, 2.05) is 31.3 Å². The lowest BCUT2D eigenvalue weighted by molar-refractivity contribution is -0.129. The van der Waals surface area contributed by atoms with Gasteiger partial charge >= 0.3 is 0 Å². The number of halogens is 2. The average Bonchev–Trinajstić information content (AvgIpc) is 2.74. The molecule has 1 aliphatic carbocycles. The number of nitrogens with two attached hydrogens (primary N) is 1. The normalized spacial score (nSPS) is 21.3. The third-order valence-corrected chi connectivity index (χ3v) is 6.43. The summed E-state index contributed by atoms with van der Waals surface area (Å²) >= 11 is 5.90. The fourth-order valence-electron chi connectivity index (χ4n) is 4.22. The maximum atomic E-state index is 12.4. The van der Waals surface area contributed by atoms with Gasteiger partial charge in [-0.25, -0.2) is 0 Å². The Hall–Kier alpha value is -1.75. The summed E-state index contributed by atoms with van der Waals surface area (Å²) in [6.07, 6.45) is 4.12. The van der Waals surface area contributed by atoms with Crippen LogP contribution in [0.15, 0.2) is 42.5 Å². The largest absolute Gasteiger partial charge is 0.496 e. The van der Waals surface area contributed by atoms with Gasteiger partial charge in [-0.3, -0.25) is 4.79 Å². The first-order valence-electron chi connectivity index (χ1n) is 9.80. The minimum atomic E-state index is -0.512. The molecule has 0 heterocycles. The molecule has 0 unspecified atom stereocenters. The van der Waals surface area contributed by atoms with Crippen LogP contribution in [0.4, 0.5) is 0 Å². The summed E-state index contributed by atoms with van der Waals surface area (Å²) in [5, 5.41) is 3.32. The lowest BCUT2D eigenvalue weighted by atomic mass is 9.68. The van der Waals surface area contributed by atoms with Crippen molar-refractivity contribution in [2.24, 2.45) is 11.1 Å². The van der Waals surface area contributed by atoms with Crippen LogP contribution in [0.25, 0.3) is 11.1 Å². The fraction of sp³-hybridized carbons (Fsp3) is 0.435. The Kier molecular flexibility index (Phi) is 8.38. The third-order valence-electron chi connectivity index (χ3n) is 6.12. The first-order valence-corrected chi connectivity index (χ1v) is 10.3. The molecule has 1 amide bonds. The Labute approximate surface area is 184 Å². The summed E-state index contributed by atoms with van der Waals surface area (Å²) in [5.74, 6) is 1.10. The van der Waals surface area contributed by atoms with Crippen LogP contribution < -0.4 is 15.8 Å². The Balaban J connectivity index is 0.00000300. The van der Waals surface area contributed by atoms with Crippen molar-refractivity contribution < 1.29 is 9.53 Å². The van der Waals surface area contributed by atoms with Crippen molar-refractivity contribution in [3.8, 4) is 16.9 Å². The summed E-state index contributed by atoms with van der Waals surface area (Å²) in [5.41, 5.74) is 9.72. The summed E-state index contributed by atoms with van der Waals surface area (Å²) < 4.78 is 5.60. The number of alkyl halides is 1. The number of hydrogen-bond acceptors (Lipinski definition) is 3. The molecule has 1 aliphatic rings. The number of carbonyl (C=O) groups excluding carboxylic acids is 1. The van der Waals surface area contributed by atoms with Gasteiger partial charge < -0.3 is 15.8 Å². The number of rotatable bonds is 7. The van der Waals surface area contributed by atoms with E-state index in [1.165, 1.54) is 0 Å². The van der Waals surface area contributed by atoms with Crippen LogP contribution in [0.3, 0.4) is 0 Å². The van der Waals surface area contributed by atoms with Crippen molar-refractivity contribution >= 4 is 29.9 Å². The van der Waals surface area contributed by atoms with E-state index in [1.54, 1.807) is 7.11 Å². The second-order valence-electron chi connectivity index (χ2n) is 7.74. The van der Waals surface area contributed by atoms with Crippen LogP contribution in [0.1, 0.15) is 36.8 Å². The van der Waals surface area contributed by atoms with Gasteiger partial charge in [0.25, 0.3) is 0 Å². The Morgan fingerprint density at radius 2 is 1.79 bits per heavy atom. The van der Waals surface area contributed by atoms with Crippen molar-refractivity contribution in [3.63, 3.8) is 0 Å². The molecule has 1 saturated carbocycles. The van der Waals surface area contributed by atoms with Crippen LogP contribution in [-0.2, 0) is 17.1 Å². The maximum absolute atomic E-state index is 12.4. The molecule has 4 nitrogen and oxygen atoms in total. The zero-order valence-electron chi connectivity index (χ0n) is 17.0. The van der Waals surface area contributed by atoms with Gasteiger partial charge in [0.1, 0.15) is 5.75 Å². The van der Waals surface area contributed by atoms with E-state index >= 15 is 0 Å². The van der Waals surface area contributed by atoms with Crippen LogP contribution in [0.2, 0.25) is 0 Å². The molecular formula is C23H30Cl2N2O2. The number of hydrogen-bond donors (Lipinski definition) is 2. The van der Waals surface area contributed by atoms with Crippen LogP contribution in [-0.4, -0.2) is 26.1 Å². The van der Waals surface area contributed by atoms with Gasteiger partial charge in [0.2, 0.25) is 5.91 Å². The smallest absolute Gasteiger partial charge is 0.223 e. The van der Waals surface area contributed by atoms with Crippen molar-refractivity contribution in [1.82, 2.24) is 5.32 Å². The Morgan fingerprint density at radius 1 is 1.17 bits per heavy atom. The molecule has 29 heavy (non-hydrogen) atoms. The fourth-order valence-corrected chi connectivity index (χ4v) is 4.39. The van der Waals surface area contributed by atoms with E-state index in [4.69, 9.17) is 22.1 Å². The van der Waals surface area contributed by atoms with Gasteiger partial charge in [-0.05, 0) is 73.5 Å². The summed E-state index contributed by atoms with van der Waals surface area (Å²) in [4.78, 5) is 12.4. The molecule has 0 spiro atoms. The first-order chi connectivity index (χ1) is 13.5. The summed E-state index contributed by atoms with van der Waals surface area (Å²) in [6, 6.07) is 14.8. The predicted molar refractivity (Wildman–Crippen MR) is 122 cm³/mol. The number of primary amides is 1. The van der Waals surface area contributed by atoms with Crippen molar-refractivity contribution in [2.45, 2.75) is 44.0 Å². The summed E-state index contributed by atoms with van der Waals surface area (Å²) in [6.45, 7) is 0. The standard InChI is InChI=1S/C23H29ClN2O2.ClH/c1-26-20-9-11-23(12-10-20,22(25)27)14-19-13-18(7-8-21(19)28-2)17-5-3-16(15-24)4-6-17;/h3-8,13,20,26H,9-12,14-15H2,1-2H3,(H2,25,27);1H. The molecule has 0 bridgehead atoms. The van der Waals surface area contributed by atoms with Crippen molar-refractivity contribution in [2.75, 3.05) is 14.2 Å². The topological polar surface area (TPSA) is 64.3 Å². The van der Waals surface area contributed by atoms with Gasteiger partial charge in [0, 0.05) is 11.9 Å². The molecule has 3 N–H and O–H groups in total. The van der Waals surface area contributed by atoms with E-state index in [9.17, 15) is 4.79 Å². The molecular weight excluding hydrogens is 407 g/mol. The van der Waals surface area contributed by atoms with E-state index in [2.05, 4.69) is 23.5 Å². The number of ether oxygens (including phenoxy) is 1. The molecule has 0 aromatic heterocycles. The quantitative estimate of drug-likeness (QED) is 0.618. The Bertz CT molecular complexity index is 816. The molecule has 2 aromatic carbocycles. The highest BCUT2D eigenvalue weighted by Crippen LogP contribution is 2.41. The molecule has 0 saturated heterocycles. The van der Waals surface area contributed by atoms with Gasteiger partial charge in [0.05, 0.1) is 12.5 Å². The van der Waals surface area contributed by atoms with E-state index in [0.29, 0.717) is 18.3 Å². The molecule has 158 valence electrons. The monoisotopic (exact) mass is 436 g/mol. The number of amides is 1. The summed E-state index contributed by atoms with van der Waals surface area (Å²) in [7, 11) is 3.65. The minimum Gasteiger partial charge on any atom is -0.496 e. The lowest BCUT2D eigenvalue weighted by Crippen LogP contribution is -2.45. The zero-order chi connectivity index (χ0) is 20.1. The van der Waals surface area contributed by atoms with Gasteiger partial charge in [-0.15, -0.1) is 24.0 Å². The average molecular weight is 437 g/mol. The van der Waals surface area contributed by atoms with E-state index < -0.39 is 5.41 Å². The highest BCUT2D eigenvalue weighted by atomic mass is 35.5. The molecule has 0 atom stereocenters. The second-order valence-corrected chi connectivity index (χ2v) is 8.01. The first kappa shape index (κ1) is 23.5. The number of nitrogens with one attached hydrogen (secondary N) is 1. The molecule has 0 radical (unpaired) electrons. The predicted octanol–water partition coefficient (Wildman–Crippen LogP) is 4.70. The lowest BCUT2D eigenvalue weighted by Gasteiger charge is -2.38. The van der Waals surface area contributed by atoms with Crippen LogP contribution >= 0.6 is 24.0 Å². The van der Waals surface area contributed by atoms with E-state index in [-0.39, 0.29) is 18.3 Å². The van der Waals surface area contributed by atoms with Crippen LogP contribution in [0.5, 0.6) is 5.75 Å².